The van der Waals surface area contributed by atoms with E-state index in [-0.39, 0.29) is 9.79 Å². The molecule has 0 aliphatic carbocycles. The number of hydrogen-bond acceptors (Lipinski definition) is 5. The zero-order valence-electron chi connectivity index (χ0n) is 15.2. The molecule has 0 atom stereocenters. The molecule has 0 saturated heterocycles. The van der Waals surface area contributed by atoms with Crippen molar-refractivity contribution in [3.05, 3.63) is 53.0 Å². The molecule has 0 spiro atoms. The third kappa shape index (κ3) is 2.54. The van der Waals surface area contributed by atoms with Crippen LogP contribution in [0, 0.1) is 6.92 Å². The van der Waals surface area contributed by atoms with Crippen LogP contribution in [0.1, 0.15) is 29.6 Å². The summed E-state index contributed by atoms with van der Waals surface area (Å²) in [6, 6.07) is 8.53. The highest BCUT2D eigenvalue weighted by Crippen LogP contribution is 2.31. The van der Waals surface area contributed by atoms with Gasteiger partial charge in [0, 0.05) is 30.8 Å². The van der Waals surface area contributed by atoms with E-state index in [0.717, 1.165) is 36.5 Å². The molecule has 0 saturated carbocycles. The van der Waals surface area contributed by atoms with E-state index in [0.29, 0.717) is 17.8 Å². The zero-order valence-corrected chi connectivity index (χ0v) is 16.0. The van der Waals surface area contributed by atoms with Gasteiger partial charge in [-0.2, -0.15) is 5.10 Å². The third-order valence-corrected chi connectivity index (χ3v) is 6.86. The Labute approximate surface area is 153 Å². The van der Waals surface area contributed by atoms with Crippen LogP contribution in [-0.2, 0) is 29.2 Å². The van der Waals surface area contributed by atoms with Gasteiger partial charge in [-0.15, -0.1) is 0 Å². The Morgan fingerprint density at radius 2 is 1.92 bits per heavy atom. The van der Waals surface area contributed by atoms with Gasteiger partial charge in [0.05, 0.1) is 16.3 Å². The van der Waals surface area contributed by atoms with E-state index in [9.17, 15) is 8.42 Å². The molecule has 0 bridgehead atoms. The van der Waals surface area contributed by atoms with Crippen molar-refractivity contribution >= 4 is 15.5 Å². The molecule has 3 heterocycles. The van der Waals surface area contributed by atoms with Gasteiger partial charge in [0.2, 0.25) is 9.84 Å². The van der Waals surface area contributed by atoms with Crippen LogP contribution in [0.4, 0.5) is 0 Å². The molecule has 136 valence electrons. The van der Waals surface area contributed by atoms with E-state index in [4.69, 9.17) is 0 Å². The lowest BCUT2D eigenvalue weighted by atomic mass is 10.0. The highest BCUT2D eigenvalue weighted by Gasteiger charge is 2.30. The van der Waals surface area contributed by atoms with Crippen LogP contribution in [0.2, 0.25) is 0 Å². The minimum absolute atomic E-state index is 0.246. The molecule has 1 aromatic carbocycles. The average Bonchev–Trinajstić information content (AvgIpc) is 3.02. The molecule has 1 aliphatic heterocycles. The molecule has 26 heavy (non-hydrogen) atoms. The standard InChI is InChI=1S/C19H22N4O2S/c1-4-16-18(26(24,25)14-8-6-5-7-9-14)19-20-13(2)15-12-22(3)11-10-17(15)23(19)21-16/h5-9H,4,10-12H2,1-3H3. The molecule has 0 N–H and O–H groups in total. The van der Waals surface area contributed by atoms with E-state index in [2.05, 4.69) is 22.0 Å². The van der Waals surface area contributed by atoms with E-state index < -0.39 is 9.84 Å². The Hall–Kier alpha value is -2.25. The predicted octanol–water partition coefficient (Wildman–Crippen LogP) is 2.42. The second-order valence-corrected chi connectivity index (χ2v) is 8.68. The summed E-state index contributed by atoms with van der Waals surface area (Å²) in [5, 5.41) is 4.66. The molecule has 0 unspecified atom stereocenters. The number of sulfone groups is 1. The maximum Gasteiger partial charge on any atom is 0.212 e. The molecule has 3 aromatic rings. The minimum Gasteiger partial charge on any atom is -0.302 e. The fourth-order valence-electron chi connectivity index (χ4n) is 3.62. The van der Waals surface area contributed by atoms with Crippen LogP contribution >= 0.6 is 0 Å². The topological polar surface area (TPSA) is 67.6 Å². The highest BCUT2D eigenvalue weighted by molar-refractivity contribution is 7.91. The van der Waals surface area contributed by atoms with Gasteiger partial charge in [-0.3, -0.25) is 0 Å². The summed E-state index contributed by atoms with van der Waals surface area (Å²) >= 11 is 0. The summed E-state index contributed by atoms with van der Waals surface area (Å²) < 4.78 is 28.4. The fourth-order valence-corrected chi connectivity index (χ4v) is 5.24. The van der Waals surface area contributed by atoms with E-state index in [1.807, 2.05) is 19.9 Å². The van der Waals surface area contributed by atoms with Crippen molar-refractivity contribution < 1.29 is 8.42 Å². The average molecular weight is 370 g/mol. The van der Waals surface area contributed by atoms with Crippen molar-refractivity contribution in [3.8, 4) is 0 Å². The van der Waals surface area contributed by atoms with Crippen molar-refractivity contribution in [2.24, 2.45) is 0 Å². The van der Waals surface area contributed by atoms with Crippen LogP contribution in [0.15, 0.2) is 40.1 Å². The lowest BCUT2D eigenvalue weighted by molar-refractivity contribution is 0.306. The number of aromatic nitrogens is 3. The summed E-state index contributed by atoms with van der Waals surface area (Å²) in [5.41, 5.74) is 4.14. The summed E-state index contributed by atoms with van der Waals surface area (Å²) in [5.74, 6) is 0. The smallest absolute Gasteiger partial charge is 0.212 e. The normalized spacial score (nSPS) is 15.3. The fraction of sp³-hybridized carbons (Fsp3) is 0.368. The number of benzene rings is 1. The Balaban J connectivity index is 2.04. The molecule has 2 aromatic heterocycles. The summed E-state index contributed by atoms with van der Waals surface area (Å²) in [4.78, 5) is 7.45. The third-order valence-electron chi connectivity index (χ3n) is 5.02. The van der Waals surface area contributed by atoms with Crippen LogP contribution in [-0.4, -0.2) is 41.5 Å². The largest absolute Gasteiger partial charge is 0.302 e. The number of nitrogens with zero attached hydrogens (tertiary/aromatic N) is 4. The first-order chi connectivity index (χ1) is 12.4. The number of fused-ring (bicyclic) bond motifs is 3. The molecule has 4 rings (SSSR count). The molecule has 7 heteroatoms. The van der Waals surface area contributed by atoms with Gasteiger partial charge in [-0.25, -0.2) is 17.9 Å². The Bertz CT molecular complexity index is 1090. The summed E-state index contributed by atoms with van der Waals surface area (Å²) in [7, 11) is -1.59. The number of hydrogen-bond donors (Lipinski definition) is 0. The van der Waals surface area contributed by atoms with Gasteiger partial charge in [-0.05, 0) is 32.5 Å². The second-order valence-electron chi connectivity index (χ2n) is 6.79. The Morgan fingerprint density at radius 1 is 1.19 bits per heavy atom. The second kappa shape index (κ2) is 6.17. The van der Waals surface area contributed by atoms with Crippen LogP contribution < -0.4 is 0 Å². The number of rotatable bonds is 3. The Morgan fingerprint density at radius 3 is 2.62 bits per heavy atom. The first kappa shape index (κ1) is 17.2. The van der Waals surface area contributed by atoms with Crippen molar-refractivity contribution in [1.29, 1.82) is 0 Å². The van der Waals surface area contributed by atoms with Gasteiger partial charge in [0.25, 0.3) is 0 Å². The van der Waals surface area contributed by atoms with Crippen molar-refractivity contribution in [3.63, 3.8) is 0 Å². The van der Waals surface area contributed by atoms with E-state index in [1.165, 1.54) is 0 Å². The van der Waals surface area contributed by atoms with Crippen molar-refractivity contribution in [1.82, 2.24) is 19.5 Å². The quantitative estimate of drug-likeness (QED) is 0.708. The van der Waals surface area contributed by atoms with Gasteiger partial charge in [0.15, 0.2) is 5.65 Å². The summed E-state index contributed by atoms with van der Waals surface area (Å²) in [6.07, 6.45) is 1.37. The van der Waals surface area contributed by atoms with E-state index >= 15 is 0 Å². The molecule has 0 amide bonds. The van der Waals surface area contributed by atoms with Gasteiger partial charge >= 0.3 is 0 Å². The van der Waals surface area contributed by atoms with Crippen LogP contribution in [0.5, 0.6) is 0 Å². The minimum atomic E-state index is -3.68. The molecular weight excluding hydrogens is 348 g/mol. The summed E-state index contributed by atoms with van der Waals surface area (Å²) in [6.45, 7) is 5.62. The van der Waals surface area contributed by atoms with Gasteiger partial charge in [0.1, 0.15) is 4.90 Å². The first-order valence-electron chi connectivity index (χ1n) is 8.82. The van der Waals surface area contributed by atoms with Crippen LogP contribution in [0.25, 0.3) is 5.65 Å². The first-order valence-corrected chi connectivity index (χ1v) is 10.3. The molecule has 1 aliphatic rings. The van der Waals surface area contributed by atoms with Crippen LogP contribution in [0.3, 0.4) is 0 Å². The number of likely N-dealkylation sites (N-methyl/N-ethyl adjacent to an activating group) is 1. The lowest BCUT2D eigenvalue weighted by Gasteiger charge is -2.26. The molecule has 0 fully saturated rings. The van der Waals surface area contributed by atoms with Crippen molar-refractivity contribution in [2.75, 3.05) is 13.6 Å². The monoisotopic (exact) mass is 370 g/mol. The predicted molar refractivity (Wildman–Crippen MR) is 99.0 cm³/mol. The Kier molecular flexibility index (Phi) is 4.08. The van der Waals surface area contributed by atoms with Gasteiger partial charge < -0.3 is 4.90 Å². The lowest BCUT2D eigenvalue weighted by Crippen LogP contribution is -2.29. The maximum atomic E-state index is 13.3. The van der Waals surface area contributed by atoms with Crippen molar-refractivity contribution in [2.45, 2.75) is 43.0 Å². The molecular formula is C19H22N4O2S. The molecule has 6 nitrogen and oxygen atoms in total. The zero-order chi connectivity index (χ0) is 18.5. The van der Waals surface area contributed by atoms with Gasteiger partial charge in [-0.1, -0.05) is 25.1 Å². The maximum absolute atomic E-state index is 13.3. The molecule has 0 radical (unpaired) electrons. The van der Waals surface area contributed by atoms with E-state index in [1.54, 1.807) is 28.8 Å². The number of aryl methyl sites for hydroxylation is 2. The highest BCUT2D eigenvalue weighted by atomic mass is 32.2. The SMILES string of the molecule is CCc1nn2c3c(c(C)nc2c1S(=O)(=O)c1ccccc1)CN(C)CC3.